The zero-order valence-electron chi connectivity index (χ0n) is 12.4. The summed E-state index contributed by atoms with van der Waals surface area (Å²) in [5.41, 5.74) is 0.943. The van der Waals surface area contributed by atoms with E-state index >= 15 is 0 Å². The topological polar surface area (TPSA) is 88.4 Å². The maximum absolute atomic E-state index is 12.3. The standard InChI is InChI=1S/C14H20N2O4S/c1-4-19-14(20-5-2)10-16-21(17,18)13-7-6-12(9-15)8-11(13)3/h6-8,14,16H,4-5,10H2,1-3H3. The van der Waals surface area contributed by atoms with E-state index in [2.05, 4.69) is 4.72 Å². The van der Waals surface area contributed by atoms with Crippen LogP contribution in [-0.4, -0.2) is 34.5 Å². The van der Waals surface area contributed by atoms with Crippen LogP contribution in [-0.2, 0) is 19.5 Å². The van der Waals surface area contributed by atoms with Crippen LogP contribution in [0.15, 0.2) is 23.1 Å². The Bertz CT molecular complexity index is 602. The number of sulfonamides is 1. The molecule has 0 heterocycles. The van der Waals surface area contributed by atoms with Crippen LogP contribution in [0.2, 0.25) is 0 Å². The van der Waals surface area contributed by atoms with Gasteiger partial charge in [-0.05, 0) is 44.5 Å². The summed E-state index contributed by atoms with van der Waals surface area (Å²) in [5, 5.41) is 8.80. The molecule has 0 saturated heterocycles. The summed E-state index contributed by atoms with van der Waals surface area (Å²) in [6, 6.07) is 6.41. The van der Waals surface area contributed by atoms with Crippen LogP contribution in [0.4, 0.5) is 0 Å². The van der Waals surface area contributed by atoms with E-state index in [1.165, 1.54) is 18.2 Å². The largest absolute Gasteiger partial charge is 0.352 e. The molecule has 0 aromatic heterocycles. The van der Waals surface area contributed by atoms with Crippen molar-refractivity contribution in [2.24, 2.45) is 0 Å². The molecule has 116 valence electrons. The van der Waals surface area contributed by atoms with E-state index < -0.39 is 16.3 Å². The van der Waals surface area contributed by atoms with Gasteiger partial charge in [0.15, 0.2) is 6.29 Å². The fraction of sp³-hybridized carbons (Fsp3) is 0.500. The molecule has 1 rings (SSSR count). The second-order valence-electron chi connectivity index (χ2n) is 4.28. The minimum atomic E-state index is -3.67. The minimum absolute atomic E-state index is 0.0312. The van der Waals surface area contributed by atoms with Crippen molar-refractivity contribution < 1.29 is 17.9 Å². The fourth-order valence-corrected chi connectivity index (χ4v) is 3.05. The van der Waals surface area contributed by atoms with Crippen molar-refractivity contribution in [1.82, 2.24) is 4.72 Å². The molecule has 0 unspecified atom stereocenters. The molecule has 0 aliphatic carbocycles. The molecule has 1 aromatic rings. The third kappa shape index (κ3) is 5.10. The summed E-state index contributed by atoms with van der Waals surface area (Å²) in [6.45, 7) is 6.17. The van der Waals surface area contributed by atoms with Crippen LogP contribution >= 0.6 is 0 Å². The minimum Gasteiger partial charge on any atom is -0.352 e. The van der Waals surface area contributed by atoms with Crippen LogP contribution in [0.3, 0.4) is 0 Å². The first kappa shape index (κ1) is 17.6. The lowest BCUT2D eigenvalue weighted by Gasteiger charge is -2.18. The lowest BCUT2D eigenvalue weighted by Crippen LogP contribution is -2.35. The van der Waals surface area contributed by atoms with Crippen molar-refractivity contribution >= 4 is 10.0 Å². The van der Waals surface area contributed by atoms with E-state index in [1.54, 1.807) is 6.92 Å². The third-order valence-corrected chi connectivity index (χ3v) is 4.32. The first-order valence-corrected chi connectivity index (χ1v) is 8.16. The first-order valence-electron chi connectivity index (χ1n) is 6.68. The Morgan fingerprint density at radius 1 is 1.29 bits per heavy atom. The zero-order chi connectivity index (χ0) is 15.9. The molecule has 1 aromatic carbocycles. The van der Waals surface area contributed by atoms with Crippen LogP contribution in [0.1, 0.15) is 25.0 Å². The van der Waals surface area contributed by atoms with Gasteiger partial charge in [-0.1, -0.05) is 0 Å². The maximum Gasteiger partial charge on any atom is 0.241 e. The Hall–Kier alpha value is -1.46. The molecule has 0 aliphatic heterocycles. The number of nitrogens with one attached hydrogen (secondary N) is 1. The molecule has 0 amide bonds. The Kier molecular flexibility index (Phi) is 6.78. The van der Waals surface area contributed by atoms with Crippen LogP contribution in [0.5, 0.6) is 0 Å². The molecule has 0 saturated carbocycles. The smallest absolute Gasteiger partial charge is 0.241 e. The second-order valence-corrected chi connectivity index (χ2v) is 6.02. The van der Waals surface area contributed by atoms with Gasteiger partial charge in [0.05, 0.1) is 23.1 Å². The van der Waals surface area contributed by atoms with Crippen molar-refractivity contribution in [2.45, 2.75) is 32.0 Å². The Labute approximate surface area is 125 Å². The number of aryl methyl sites for hydroxylation is 1. The molecule has 0 aliphatic rings. The Balaban J connectivity index is 2.84. The highest BCUT2D eigenvalue weighted by Gasteiger charge is 2.19. The summed E-state index contributed by atoms with van der Waals surface area (Å²) >= 11 is 0. The molecule has 21 heavy (non-hydrogen) atoms. The Morgan fingerprint density at radius 3 is 2.38 bits per heavy atom. The van der Waals surface area contributed by atoms with E-state index in [4.69, 9.17) is 14.7 Å². The summed E-state index contributed by atoms with van der Waals surface area (Å²) in [7, 11) is -3.67. The summed E-state index contributed by atoms with van der Waals surface area (Å²) in [5.74, 6) is 0. The summed E-state index contributed by atoms with van der Waals surface area (Å²) in [6.07, 6.45) is -0.617. The summed E-state index contributed by atoms with van der Waals surface area (Å²) in [4.78, 5) is 0.147. The van der Waals surface area contributed by atoms with Gasteiger partial charge < -0.3 is 9.47 Å². The predicted octanol–water partition coefficient (Wildman–Crippen LogP) is 1.54. The SMILES string of the molecule is CCOC(CNS(=O)(=O)c1ccc(C#N)cc1C)OCC. The third-order valence-electron chi connectivity index (χ3n) is 2.74. The zero-order valence-corrected chi connectivity index (χ0v) is 13.2. The maximum atomic E-state index is 12.3. The van der Waals surface area contributed by atoms with Gasteiger partial charge in [0.25, 0.3) is 0 Å². The molecular weight excluding hydrogens is 292 g/mol. The van der Waals surface area contributed by atoms with Crippen molar-refractivity contribution in [2.75, 3.05) is 19.8 Å². The number of ether oxygens (including phenoxy) is 2. The molecule has 0 bridgehead atoms. The van der Waals surface area contributed by atoms with Gasteiger partial charge in [0, 0.05) is 13.2 Å². The van der Waals surface area contributed by atoms with Crippen molar-refractivity contribution in [3.8, 4) is 6.07 Å². The van der Waals surface area contributed by atoms with E-state index in [9.17, 15) is 8.42 Å². The average molecular weight is 312 g/mol. The van der Waals surface area contributed by atoms with E-state index in [0.29, 0.717) is 24.3 Å². The number of benzene rings is 1. The van der Waals surface area contributed by atoms with Gasteiger partial charge >= 0.3 is 0 Å². The molecule has 0 spiro atoms. The monoisotopic (exact) mass is 312 g/mol. The molecule has 0 atom stereocenters. The van der Waals surface area contributed by atoms with Crippen molar-refractivity contribution in [1.29, 1.82) is 5.26 Å². The molecule has 1 N–H and O–H groups in total. The van der Waals surface area contributed by atoms with Gasteiger partial charge in [-0.3, -0.25) is 0 Å². The number of nitrogens with zero attached hydrogens (tertiary/aromatic N) is 1. The molecule has 7 heteroatoms. The molecule has 0 fully saturated rings. The van der Waals surface area contributed by atoms with Crippen LogP contribution in [0, 0.1) is 18.3 Å². The average Bonchev–Trinajstić information content (AvgIpc) is 2.45. The van der Waals surface area contributed by atoms with E-state index in [0.717, 1.165) is 0 Å². The number of hydrogen-bond acceptors (Lipinski definition) is 5. The van der Waals surface area contributed by atoms with Crippen molar-refractivity contribution in [3.63, 3.8) is 0 Å². The lowest BCUT2D eigenvalue weighted by atomic mass is 10.2. The molecular formula is C14H20N2O4S. The summed E-state index contributed by atoms with van der Waals surface area (Å²) < 4.78 is 37.6. The van der Waals surface area contributed by atoms with Crippen LogP contribution < -0.4 is 4.72 Å². The number of hydrogen-bond donors (Lipinski definition) is 1. The van der Waals surface area contributed by atoms with Crippen molar-refractivity contribution in [3.05, 3.63) is 29.3 Å². The van der Waals surface area contributed by atoms with Gasteiger partial charge in [0.2, 0.25) is 10.0 Å². The quantitative estimate of drug-likeness (QED) is 0.736. The van der Waals surface area contributed by atoms with Gasteiger partial charge in [-0.25, -0.2) is 13.1 Å². The fourth-order valence-electron chi connectivity index (χ4n) is 1.81. The van der Waals surface area contributed by atoms with E-state index in [-0.39, 0.29) is 11.4 Å². The van der Waals surface area contributed by atoms with Gasteiger partial charge in [0.1, 0.15) is 0 Å². The normalized spacial score (nSPS) is 11.6. The number of rotatable bonds is 8. The first-order chi connectivity index (χ1) is 9.94. The Morgan fingerprint density at radius 2 is 1.90 bits per heavy atom. The van der Waals surface area contributed by atoms with E-state index in [1.807, 2.05) is 19.9 Å². The van der Waals surface area contributed by atoms with Gasteiger partial charge in [-0.15, -0.1) is 0 Å². The van der Waals surface area contributed by atoms with Crippen LogP contribution in [0.25, 0.3) is 0 Å². The molecule has 6 nitrogen and oxygen atoms in total. The number of nitriles is 1. The predicted molar refractivity (Wildman–Crippen MR) is 78.1 cm³/mol. The highest BCUT2D eigenvalue weighted by molar-refractivity contribution is 7.89. The lowest BCUT2D eigenvalue weighted by molar-refractivity contribution is -0.130. The second kappa shape index (κ2) is 8.10. The molecule has 0 radical (unpaired) electrons. The highest BCUT2D eigenvalue weighted by Crippen LogP contribution is 2.16. The van der Waals surface area contributed by atoms with Gasteiger partial charge in [-0.2, -0.15) is 5.26 Å². The highest BCUT2D eigenvalue weighted by atomic mass is 32.2.